The maximum absolute atomic E-state index is 5.80. The van der Waals surface area contributed by atoms with Gasteiger partial charge in [0.15, 0.2) is 0 Å². The van der Waals surface area contributed by atoms with E-state index in [1.54, 1.807) is 0 Å². The molecule has 0 radical (unpaired) electrons. The molecule has 2 N–H and O–H groups in total. The first-order valence-corrected chi connectivity index (χ1v) is 6.72. The first kappa shape index (κ1) is 13.6. The van der Waals surface area contributed by atoms with E-state index in [1.165, 1.54) is 16.7 Å². The lowest BCUT2D eigenvalue weighted by atomic mass is 10.1. The number of benzene rings is 2. The number of nitrogen functional groups attached to an aromatic ring is 1. The Morgan fingerprint density at radius 3 is 2.47 bits per heavy atom. The van der Waals surface area contributed by atoms with Crippen molar-refractivity contribution in [3.05, 3.63) is 65.2 Å². The lowest BCUT2D eigenvalue weighted by Gasteiger charge is -2.17. The average Bonchev–Trinajstić information content (AvgIpc) is 2.36. The summed E-state index contributed by atoms with van der Waals surface area (Å²) >= 11 is 0. The van der Waals surface area contributed by atoms with Crippen molar-refractivity contribution in [3.8, 4) is 0 Å². The summed E-state index contributed by atoms with van der Waals surface area (Å²) in [7, 11) is 2.15. The van der Waals surface area contributed by atoms with Crippen molar-refractivity contribution < 1.29 is 0 Å². The Kier molecular flexibility index (Phi) is 4.58. The van der Waals surface area contributed by atoms with Crippen molar-refractivity contribution >= 4 is 5.69 Å². The summed E-state index contributed by atoms with van der Waals surface area (Å²) in [6, 6.07) is 16.8. The van der Waals surface area contributed by atoms with Gasteiger partial charge in [0.25, 0.3) is 0 Å². The maximum atomic E-state index is 5.80. The van der Waals surface area contributed by atoms with E-state index in [4.69, 9.17) is 5.73 Å². The molecule has 0 atom stereocenters. The number of nitrogens with two attached hydrogens (primary N) is 1. The predicted octanol–water partition coefficient (Wildman–Crippen LogP) is 3.25. The zero-order chi connectivity index (χ0) is 13.7. The molecule has 2 rings (SSSR count). The molecular formula is C17H22N2. The lowest BCUT2D eigenvalue weighted by molar-refractivity contribution is 0.331. The third kappa shape index (κ3) is 4.42. The Labute approximate surface area is 115 Å². The van der Waals surface area contributed by atoms with Gasteiger partial charge < -0.3 is 10.6 Å². The fourth-order valence-corrected chi connectivity index (χ4v) is 2.27. The third-order valence-corrected chi connectivity index (χ3v) is 3.27. The topological polar surface area (TPSA) is 29.3 Å². The molecule has 2 heteroatoms. The minimum Gasteiger partial charge on any atom is -0.399 e. The van der Waals surface area contributed by atoms with E-state index in [-0.39, 0.29) is 0 Å². The number of aryl methyl sites for hydroxylation is 1. The highest BCUT2D eigenvalue weighted by atomic mass is 15.1. The van der Waals surface area contributed by atoms with Crippen LogP contribution < -0.4 is 5.73 Å². The van der Waals surface area contributed by atoms with Crippen molar-refractivity contribution in [2.45, 2.75) is 19.9 Å². The van der Waals surface area contributed by atoms with Crippen molar-refractivity contribution in [1.82, 2.24) is 4.90 Å². The molecule has 2 nitrogen and oxygen atoms in total. The van der Waals surface area contributed by atoms with Gasteiger partial charge in [0.05, 0.1) is 0 Å². The highest BCUT2D eigenvalue weighted by molar-refractivity contribution is 5.40. The Bertz CT molecular complexity index is 534. The first-order chi connectivity index (χ1) is 9.13. The monoisotopic (exact) mass is 254 g/mol. The number of hydrogen-bond acceptors (Lipinski definition) is 2. The Hall–Kier alpha value is -1.80. The molecular weight excluding hydrogens is 232 g/mol. The molecule has 0 bridgehead atoms. The van der Waals surface area contributed by atoms with Gasteiger partial charge in [-0.1, -0.05) is 42.0 Å². The van der Waals surface area contributed by atoms with Crippen molar-refractivity contribution in [1.29, 1.82) is 0 Å². The van der Waals surface area contributed by atoms with Gasteiger partial charge in [-0.2, -0.15) is 0 Å². The number of anilines is 1. The van der Waals surface area contributed by atoms with E-state index in [9.17, 15) is 0 Å². The van der Waals surface area contributed by atoms with Gasteiger partial charge >= 0.3 is 0 Å². The van der Waals surface area contributed by atoms with Crippen LogP contribution in [0.1, 0.15) is 16.7 Å². The summed E-state index contributed by atoms with van der Waals surface area (Å²) in [6.45, 7) is 4.13. The van der Waals surface area contributed by atoms with Gasteiger partial charge in [0, 0.05) is 18.8 Å². The highest BCUT2D eigenvalue weighted by Gasteiger charge is 2.02. The Morgan fingerprint density at radius 1 is 1.00 bits per heavy atom. The van der Waals surface area contributed by atoms with E-state index in [1.807, 2.05) is 18.2 Å². The van der Waals surface area contributed by atoms with E-state index in [0.29, 0.717) is 0 Å². The Morgan fingerprint density at radius 2 is 1.74 bits per heavy atom. The van der Waals surface area contributed by atoms with Crippen LogP contribution in [0.5, 0.6) is 0 Å². The maximum Gasteiger partial charge on any atom is 0.0317 e. The average molecular weight is 254 g/mol. The molecule has 0 aliphatic carbocycles. The van der Waals surface area contributed by atoms with Crippen LogP contribution in [0, 0.1) is 6.92 Å². The minimum absolute atomic E-state index is 0.838. The normalized spacial score (nSPS) is 10.9. The van der Waals surface area contributed by atoms with E-state index < -0.39 is 0 Å². The molecule has 19 heavy (non-hydrogen) atoms. The van der Waals surface area contributed by atoms with Crippen LogP contribution >= 0.6 is 0 Å². The molecule has 0 unspecified atom stereocenters. The minimum atomic E-state index is 0.838. The van der Waals surface area contributed by atoms with Gasteiger partial charge in [0.2, 0.25) is 0 Å². The predicted molar refractivity (Wildman–Crippen MR) is 82.1 cm³/mol. The number of likely N-dealkylation sites (N-methyl/N-ethyl adjacent to an activating group) is 1. The van der Waals surface area contributed by atoms with Crippen LogP contribution in [0.4, 0.5) is 5.69 Å². The summed E-state index contributed by atoms with van der Waals surface area (Å²) in [5.74, 6) is 0. The van der Waals surface area contributed by atoms with Gasteiger partial charge in [0.1, 0.15) is 0 Å². The zero-order valence-electron chi connectivity index (χ0n) is 11.8. The summed E-state index contributed by atoms with van der Waals surface area (Å²) < 4.78 is 0. The van der Waals surface area contributed by atoms with Crippen molar-refractivity contribution in [2.75, 3.05) is 19.3 Å². The number of rotatable bonds is 5. The molecule has 2 aromatic rings. The molecule has 0 amide bonds. The summed E-state index contributed by atoms with van der Waals surface area (Å²) in [4.78, 5) is 2.33. The number of hydrogen-bond donors (Lipinski definition) is 1. The van der Waals surface area contributed by atoms with E-state index in [0.717, 1.165) is 25.2 Å². The second-order valence-corrected chi connectivity index (χ2v) is 5.22. The van der Waals surface area contributed by atoms with Crippen LogP contribution in [0.25, 0.3) is 0 Å². The fourth-order valence-electron chi connectivity index (χ4n) is 2.27. The SMILES string of the molecule is Cc1cccc(CCN(C)Cc2cccc(N)c2)c1. The van der Waals surface area contributed by atoms with Crippen molar-refractivity contribution in [2.24, 2.45) is 0 Å². The zero-order valence-corrected chi connectivity index (χ0v) is 11.8. The van der Waals surface area contributed by atoms with Crippen LogP contribution in [0.3, 0.4) is 0 Å². The second-order valence-electron chi connectivity index (χ2n) is 5.22. The molecule has 0 spiro atoms. The van der Waals surface area contributed by atoms with E-state index in [2.05, 4.69) is 49.2 Å². The van der Waals surface area contributed by atoms with Gasteiger partial charge in [-0.3, -0.25) is 0 Å². The fraction of sp³-hybridized carbons (Fsp3) is 0.294. The molecule has 100 valence electrons. The summed E-state index contributed by atoms with van der Waals surface area (Å²) in [5, 5.41) is 0. The van der Waals surface area contributed by atoms with Gasteiger partial charge in [-0.15, -0.1) is 0 Å². The lowest BCUT2D eigenvalue weighted by Crippen LogP contribution is -2.20. The number of nitrogens with zero attached hydrogens (tertiary/aromatic N) is 1. The first-order valence-electron chi connectivity index (χ1n) is 6.72. The molecule has 0 saturated heterocycles. The quantitative estimate of drug-likeness (QED) is 0.830. The highest BCUT2D eigenvalue weighted by Crippen LogP contribution is 2.10. The third-order valence-electron chi connectivity index (χ3n) is 3.27. The van der Waals surface area contributed by atoms with Gasteiger partial charge in [-0.05, 0) is 43.7 Å². The van der Waals surface area contributed by atoms with E-state index >= 15 is 0 Å². The summed E-state index contributed by atoms with van der Waals surface area (Å²) in [5.41, 5.74) is 10.6. The molecule has 0 fully saturated rings. The van der Waals surface area contributed by atoms with Crippen LogP contribution in [-0.4, -0.2) is 18.5 Å². The van der Waals surface area contributed by atoms with Crippen LogP contribution in [0.15, 0.2) is 48.5 Å². The van der Waals surface area contributed by atoms with Gasteiger partial charge in [-0.25, -0.2) is 0 Å². The molecule has 0 aliphatic rings. The van der Waals surface area contributed by atoms with Crippen LogP contribution in [-0.2, 0) is 13.0 Å². The largest absolute Gasteiger partial charge is 0.399 e. The molecule has 0 aliphatic heterocycles. The smallest absolute Gasteiger partial charge is 0.0317 e. The molecule has 0 heterocycles. The Balaban J connectivity index is 1.86. The molecule has 0 aromatic heterocycles. The van der Waals surface area contributed by atoms with Crippen LogP contribution in [0.2, 0.25) is 0 Å². The van der Waals surface area contributed by atoms with Crippen molar-refractivity contribution in [3.63, 3.8) is 0 Å². The standard InChI is InChI=1S/C17H22N2/c1-14-5-3-6-15(11-14)9-10-19(2)13-16-7-4-8-17(18)12-16/h3-8,11-12H,9-10,13,18H2,1-2H3. The molecule has 0 saturated carbocycles. The summed E-state index contributed by atoms with van der Waals surface area (Å²) in [6.07, 6.45) is 1.08. The molecule has 2 aromatic carbocycles. The second kappa shape index (κ2) is 6.39.